The van der Waals surface area contributed by atoms with Crippen LogP contribution in [0.4, 0.5) is 13.2 Å². The van der Waals surface area contributed by atoms with Crippen LogP contribution in [0.1, 0.15) is 18.4 Å². The third-order valence-corrected chi connectivity index (χ3v) is 4.97. The van der Waals surface area contributed by atoms with Crippen molar-refractivity contribution in [3.8, 4) is 0 Å². The van der Waals surface area contributed by atoms with Gasteiger partial charge in [0.15, 0.2) is 0 Å². The zero-order chi connectivity index (χ0) is 15.3. The van der Waals surface area contributed by atoms with Gasteiger partial charge in [-0.05, 0) is 37.0 Å². The molecule has 21 heavy (non-hydrogen) atoms. The van der Waals surface area contributed by atoms with Crippen molar-refractivity contribution in [2.75, 3.05) is 6.54 Å². The molecule has 1 fully saturated rings. The molecule has 1 aliphatic rings. The van der Waals surface area contributed by atoms with Gasteiger partial charge in [-0.2, -0.15) is 13.2 Å². The molecule has 0 saturated heterocycles. The fraction of sp³-hybridized carbons (Fsp3) is 0.385. The first-order chi connectivity index (χ1) is 9.77. The summed E-state index contributed by atoms with van der Waals surface area (Å²) in [5, 5.41) is 0.256. The number of benzene rings is 1. The monoisotopic (exact) mass is 318 g/mol. The Morgan fingerprint density at radius 1 is 1.29 bits per heavy atom. The summed E-state index contributed by atoms with van der Waals surface area (Å²) < 4.78 is 65.6. The summed E-state index contributed by atoms with van der Waals surface area (Å²) in [6, 6.07) is 3.06. The molecule has 1 aromatic carbocycles. The van der Waals surface area contributed by atoms with Crippen molar-refractivity contribution in [1.29, 1.82) is 0 Å². The van der Waals surface area contributed by atoms with E-state index >= 15 is 0 Å². The van der Waals surface area contributed by atoms with Crippen molar-refractivity contribution in [2.24, 2.45) is 5.92 Å². The first kappa shape index (κ1) is 14.4. The number of hydrogen-bond acceptors (Lipinski definition) is 2. The Morgan fingerprint density at radius 2 is 2.00 bits per heavy atom. The number of aromatic amines is 1. The maximum atomic E-state index is 12.9. The number of hydrogen-bond donors (Lipinski definition) is 2. The van der Waals surface area contributed by atoms with Crippen LogP contribution >= 0.6 is 0 Å². The molecule has 2 aromatic rings. The predicted molar refractivity (Wildman–Crippen MR) is 71.2 cm³/mol. The smallest absolute Gasteiger partial charge is 0.361 e. The van der Waals surface area contributed by atoms with E-state index in [2.05, 4.69) is 9.71 Å². The van der Waals surface area contributed by atoms with E-state index in [4.69, 9.17) is 0 Å². The van der Waals surface area contributed by atoms with Gasteiger partial charge in [-0.1, -0.05) is 0 Å². The Balaban J connectivity index is 2.08. The van der Waals surface area contributed by atoms with E-state index in [1.165, 1.54) is 12.3 Å². The lowest BCUT2D eigenvalue weighted by molar-refractivity contribution is -0.137. The molecule has 0 amide bonds. The molecule has 1 heterocycles. The number of rotatable bonds is 4. The van der Waals surface area contributed by atoms with E-state index < -0.39 is 21.8 Å². The lowest BCUT2D eigenvalue weighted by atomic mass is 10.1. The molecule has 1 aliphatic carbocycles. The highest BCUT2D eigenvalue weighted by Gasteiger charge is 2.33. The third kappa shape index (κ3) is 2.91. The van der Waals surface area contributed by atoms with Crippen molar-refractivity contribution < 1.29 is 21.6 Å². The van der Waals surface area contributed by atoms with Gasteiger partial charge in [0.05, 0.1) is 10.5 Å². The van der Waals surface area contributed by atoms with E-state index in [0.29, 0.717) is 12.0 Å². The number of H-pyrrole nitrogens is 1. The van der Waals surface area contributed by atoms with Crippen LogP contribution in [-0.4, -0.2) is 19.9 Å². The summed E-state index contributed by atoms with van der Waals surface area (Å²) in [4.78, 5) is 2.29. The molecule has 2 N–H and O–H groups in total. The topological polar surface area (TPSA) is 62.0 Å². The Bertz CT molecular complexity index is 776. The summed E-state index contributed by atoms with van der Waals surface area (Å²) in [5.41, 5.74) is -0.833. The molecular formula is C13H13F3N2O2S. The van der Waals surface area contributed by atoms with Crippen molar-refractivity contribution in [3.05, 3.63) is 30.0 Å². The lowest BCUT2D eigenvalue weighted by Gasteiger charge is -2.12. The van der Waals surface area contributed by atoms with Gasteiger partial charge in [0, 0.05) is 23.6 Å². The van der Waals surface area contributed by atoms with E-state index in [0.717, 1.165) is 18.9 Å². The first-order valence-corrected chi connectivity index (χ1v) is 7.94. The highest BCUT2D eigenvalue weighted by atomic mass is 32.2. The average Bonchev–Trinajstić information content (AvgIpc) is 3.10. The Morgan fingerprint density at radius 3 is 2.62 bits per heavy atom. The summed E-state index contributed by atoms with van der Waals surface area (Å²) in [5.74, 6) is 0.298. The predicted octanol–water partition coefficient (Wildman–Crippen LogP) is 2.88. The van der Waals surface area contributed by atoms with Crippen LogP contribution < -0.4 is 4.72 Å². The van der Waals surface area contributed by atoms with Crippen molar-refractivity contribution in [1.82, 2.24) is 9.71 Å². The van der Waals surface area contributed by atoms with Gasteiger partial charge in [0.2, 0.25) is 10.0 Å². The summed E-state index contributed by atoms with van der Waals surface area (Å²) >= 11 is 0. The number of nitrogens with one attached hydrogen (secondary N) is 2. The van der Waals surface area contributed by atoms with Crippen LogP contribution in [0, 0.1) is 5.92 Å². The van der Waals surface area contributed by atoms with Crippen molar-refractivity contribution >= 4 is 20.9 Å². The highest BCUT2D eigenvalue weighted by Crippen LogP contribution is 2.35. The molecule has 4 nitrogen and oxygen atoms in total. The fourth-order valence-electron chi connectivity index (χ4n) is 2.15. The number of sulfonamides is 1. The minimum absolute atomic E-state index is 0.150. The Kier molecular flexibility index (Phi) is 3.25. The minimum atomic E-state index is -4.60. The molecule has 8 heteroatoms. The van der Waals surface area contributed by atoms with Crippen LogP contribution in [-0.2, 0) is 16.2 Å². The van der Waals surface area contributed by atoms with Gasteiger partial charge in [-0.25, -0.2) is 13.1 Å². The molecule has 0 bridgehead atoms. The summed E-state index contributed by atoms with van der Waals surface area (Å²) in [7, 11) is -3.96. The van der Waals surface area contributed by atoms with Gasteiger partial charge in [0.25, 0.3) is 0 Å². The van der Waals surface area contributed by atoms with Gasteiger partial charge >= 0.3 is 6.18 Å². The molecule has 0 radical (unpaired) electrons. The fourth-order valence-corrected chi connectivity index (χ4v) is 3.51. The molecule has 0 aliphatic heterocycles. The second-order valence-electron chi connectivity index (χ2n) is 5.21. The maximum absolute atomic E-state index is 12.9. The normalized spacial score (nSPS) is 16.5. The van der Waals surface area contributed by atoms with E-state index in [1.807, 2.05) is 0 Å². The van der Waals surface area contributed by atoms with Gasteiger partial charge in [0.1, 0.15) is 0 Å². The van der Waals surface area contributed by atoms with Crippen LogP contribution in [0.5, 0.6) is 0 Å². The van der Waals surface area contributed by atoms with Crippen LogP contribution in [0.15, 0.2) is 29.3 Å². The summed E-state index contributed by atoms with van der Waals surface area (Å²) in [6.45, 7) is 0.268. The molecule has 1 aromatic heterocycles. The molecule has 114 valence electrons. The minimum Gasteiger partial charge on any atom is -0.361 e. The van der Waals surface area contributed by atoms with Crippen LogP contribution in [0.2, 0.25) is 0 Å². The van der Waals surface area contributed by atoms with E-state index in [9.17, 15) is 21.6 Å². The molecule has 0 unspecified atom stereocenters. The number of halogens is 3. The highest BCUT2D eigenvalue weighted by molar-refractivity contribution is 7.89. The number of aromatic nitrogens is 1. The second kappa shape index (κ2) is 4.74. The Labute approximate surface area is 119 Å². The maximum Gasteiger partial charge on any atom is 0.416 e. The zero-order valence-electron chi connectivity index (χ0n) is 10.9. The molecule has 3 rings (SSSR count). The van der Waals surface area contributed by atoms with Crippen molar-refractivity contribution in [2.45, 2.75) is 23.9 Å². The summed E-state index contributed by atoms with van der Waals surface area (Å²) in [6.07, 6.45) is -1.28. The second-order valence-corrected chi connectivity index (χ2v) is 6.94. The van der Waals surface area contributed by atoms with E-state index in [-0.39, 0.29) is 22.3 Å². The third-order valence-electron chi connectivity index (χ3n) is 3.51. The number of fused-ring (bicyclic) bond motifs is 1. The Hall–Kier alpha value is -1.54. The molecule has 0 atom stereocenters. The quantitative estimate of drug-likeness (QED) is 0.910. The van der Waals surface area contributed by atoms with Gasteiger partial charge in [-0.3, -0.25) is 0 Å². The molecule has 0 spiro atoms. The molecular weight excluding hydrogens is 305 g/mol. The standard InChI is InChI=1S/C13H13F3N2O2S/c14-13(15,16)9-5-11-10(3-4-17-11)12(6-9)21(19,20)18-7-8-1-2-8/h3-6,8,17-18H,1-2,7H2. The zero-order valence-corrected chi connectivity index (χ0v) is 11.7. The molecule has 1 saturated carbocycles. The van der Waals surface area contributed by atoms with Crippen molar-refractivity contribution in [3.63, 3.8) is 0 Å². The van der Waals surface area contributed by atoms with Crippen LogP contribution in [0.3, 0.4) is 0 Å². The lowest BCUT2D eigenvalue weighted by Crippen LogP contribution is -2.26. The largest absolute Gasteiger partial charge is 0.416 e. The number of alkyl halides is 3. The average molecular weight is 318 g/mol. The van der Waals surface area contributed by atoms with Crippen LogP contribution in [0.25, 0.3) is 10.9 Å². The van der Waals surface area contributed by atoms with Gasteiger partial charge in [-0.15, -0.1) is 0 Å². The SMILES string of the molecule is O=S(=O)(NCC1CC1)c1cc(C(F)(F)F)cc2[nH]ccc12. The van der Waals surface area contributed by atoms with Gasteiger partial charge < -0.3 is 4.98 Å². The first-order valence-electron chi connectivity index (χ1n) is 6.45. The van der Waals surface area contributed by atoms with E-state index in [1.54, 1.807) is 0 Å².